The van der Waals surface area contributed by atoms with Crippen LogP contribution >= 0.6 is 23.2 Å². The van der Waals surface area contributed by atoms with E-state index in [-0.39, 0.29) is 17.1 Å². The van der Waals surface area contributed by atoms with E-state index in [0.29, 0.717) is 37.4 Å². The van der Waals surface area contributed by atoms with Crippen molar-refractivity contribution in [1.29, 1.82) is 0 Å². The average Bonchev–Trinajstić information content (AvgIpc) is 2.97. The number of nitrogens with zero attached hydrogens (tertiary/aromatic N) is 1. The van der Waals surface area contributed by atoms with E-state index >= 15 is 0 Å². The minimum Gasteiger partial charge on any atom is -0.426 e. The van der Waals surface area contributed by atoms with Crippen LogP contribution < -0.4 is 9.64 Å². The number of esters is 1. The molecule has 2 aromatic carbocycles. The Labute approximate surface area is 177 Å². The highest BCUT2D eigenvalue weighted by Gasteiger charge is 2.75. The number of halogens is 2. The molecule has 1 amide bonds. The zero-order chi connectivity index (χ0) is 20.6. The van der Waals surface area contributed by atoms with Gasteiger partial charge in [0.1, 0.15) is 5.75 Å². The van der Waals surface area contributed by atoms with Gasteiger partial charge in [0.15, 0.2) is 0 Å². The minimum absolute atomic E-state index is 0.00946. The van der Waals surface area contributed by atoms with Gasteiger partial charge in [-0.2, -0.15) is 0 Å². The third-order valence-electron chi connectivity index (χ3n) is 6.71. The Morgan fingerprint density at radius 1 is 1.14 bits per heavy atom. The molecule has 5 nitrogen and oxygen atoms in total. The lowest BCUT2D eigenvalue weighted by Gasteiger charge is -2.67. The monoisotopic (exact) mass is 431 g/mol. The van der Waals surface area contributed by atoms with Crippen molar-refractivity contribution < 1.29 is 19.1 Å². The summed E-state index contributed by atoms with van der Waals surface area (Å²) in [6.45, 7) is 1.84. The molecule has 0 saturated heterocycles. The zero-order valence-electron chi connectivity index (χ0n) is 15.8. The lowest BCUT2D eigenvalue weighted by molar-refractivity contribution is -0.199. The molecule has 0 spiro atoms. The van der Waals surface area contributed by atoms with Crippen molar-refractivity contribution in [3.8, 4) is 5.75 Å². The summed E-state index contributed by atoms with van der Waals surface area (Å²) in [4.78, 5) is 38.5. The standard InChI is InChI=1S/C22H19Cl2NO4/c1-12(26)29-17-6-16-18(15-5-3-2-4-14(15)17)13(7-23)8-25(16)20(28)22-9-21(10-22,11-22)19(24)27/h2-6,13H,7-11H2,1H3/t13-,21?,22?/m1/s1. The molecule has 3 saturated carbocycles. The molecule has 150 valence electrons. The van der Waals surface area contributed by atoms with Gasteiger partial charge in [-0.3, -0.25) is 14.4 Å². The molecule has 3 fully saturated rings. The van der Waals surface area contributed by atoms with E-state index in [4.69, 9.17) is 27.9 Å². The van der Waals surface area contributed by atoms with Gasteiger partial charge in [-0.05, 0) is 41.8 Å². The lowest BCUT2D eigenvalue weighted by Crippen LogP contribution is -2.70. The average molecular weight is 432 g/mol. The third kappa shape index (κ3) is 2.50. The molecule has 1 aliphatic heterocycles. The molecular formula is C22H19Cl2NO4. The van der Waals surface area contributed by atoms with Crippen molar-refractivity contribution in [3.63, 3.8) is 0 Å². The van der Waals surface area contributed by atoms with Gasteiger partial charge in [0, 0.05) is 42.1 Å². The maximum atomic E-state index is 13.5. The van der Waals surface area contributed by atoms with Gasteiger partial charge in [-0.15, -0.1) is 11.6 Å². The van der Waals surface area contributed by atoms with E-state index in [2.05, 4.69) is 0 Å². The fraction of sp³-hybridized carbons (Fsp3) is 0.409. The van der Waals surface area contributed by atoms with Crippen LogP contribution in [0.15, 0.2) is 30.3 Å². The van der Waals surface area contributed by atoms with Gasteiger partial charge in [-0.1, -0.05) is 24.3 Å². The number of carbonyl (C=O) groups excluding carboxylic acids is 3. The maximum Gasteiger partial charge on any atom is 0.308 e. The first-order valence-electron chi connectivity index (χ1n) is 9.62. The van der Waals surface area contributed by atoms with Gasteiger partial charge in [0.05, 0.1) is 11.1 Å². The van der Waals surface area contributed by atoms with Crippen molar-refractivity contribution in [2.75, 3.05) is 17.3 Å². The van der Waals surface area contributed by atoms with Crippen molar-refractivity contribution >= 4 is 56.8 Å². The quantitative estimate of drug-likeness (QED) is 0.312. The number of alkyl halides is 1. The topological polar surface area (TPSA) is 63.7 Å². The Morgan fingerprint density at radius 2 is 1.79 bits per heavy atom. The van der Waals surface area contributed by atoms with E-state index in [1.165, 1.54) is 6.92 Å². The number of anilines is 1. The molecule has 3 aliphatic carbocycles. The normalized spacial score (nSPS) is 29.1. The molecule has 2 bridgehead atoms. The van der Waals surface area contributed by atoms with E-state index in [0.717, 1.165) is 22.0 Å². The van der Waals surface area contributed by atoms with Crippen LogP contribution in [-0.2, 0) is 14.4 Å². The van der Waals surface area contributed by atoms with Crippen LogP contribution in [0.4, 0.5) is 5.69 Å². The van der Waals surface area contributed by atoms with Gasteiger partial charge < -0.3 is 9.64 Å². The molecule has 0 unspecified atom stereocenters. The van der Waals surface area contributed by atoms with E-state index in [9.17, 15) is 14.4 Å². The molecule has 7 heteroatoms. The number of fused-ring (bicyclic) bond motifs is 3. The predicted octanol–water partition coefficient (Wildman–Crippen LogP) is 4.37. The summed E-state index contributed by atoms with van der Waals surface area (Å²) < 4.78 is 5.46. The van der Waals surface area contributed by atoms with Crippen LogP contribution in [0, 0.1) is 10.8 Å². The van der Waals surface area contributed by atoms with Gasteiger partial charge in [-0.25, -0.2) is 0 Å². The summed E-state index contributed by atoms with van der Waals surface area (Å²) in [6.07, 6.45) is 1.55. The predicted molar refractivity (Wildman–Crippen MR) is 111 cm³/mol. The molecule has 0 radical (unpaired) electrons. The first kappa shape index (κ1) is 18.9. The molecule has 2 aromatic rings. The number of ether oxygens (including phenoxy) is 1. The molecular weight excluding hydrogens is 413 g/mol. The highest BCUT2D eigenvalue weighted by Crippen LogP contribution is 2.75. The number of amides is 1. The number of carbonyl (C=O) groups is 3. The second-order valence-corrected chi connectivity index (χ2v) is 9.23. The number of hydrogen-bond donors (Lipinski definition) is 0. The van der Waals surface area contributed by atoms with Crippen LogP contribution in [0.2, 0.25) is 0 Å². The molecule has 4 aliphatic rings. The van der Waals surface area contributed by atoms with Gasteiger partial charge >= 0.3 is 5.97 Å². The largest absolute Gasteiger partial charge is 0.426 e. The molecule has 1 heterocycles. The summed E-state index contributed by atoms with van der Waals surface area (Å²) in [7, 11) is 0. The first-order chi connectivity index (χ1) is 13.8. The summed E-state index contributed by atoms with van der Waals surface area (Å²) in [5, 5.41) is 1.42. The molecule has 0 N–H and O–H groups in total. The van der Waals surface area contributed by atoms with Crippen molar-refractivity contribution in [2.24, 2.45) is 10.8 Å². The molecule has 6 rings (SSSR count). The minimum atomic E-state index is -0.504. The second-order valence-electron chi connectivity index (χ2n) is 8.58. The van der Waals surface area contributed by atoms with Crippen LogP contribution in [0.1, 0.15) is 37.7 Å². The Morgan fingerprint density at radius 3 is 2.38 bits per heavy atom. The molecule has 29 heavy (non-hydrogen) atoms. The fourth-order valence-corrected chi connectivity index (χ4v) is 5.93. The number of hydrogen-bond acceptors (Lipinski definition) is 4. The Balaban J connectivity index is 1.59. The number of rotatable bonds is 4. The zero-order valence-corrected chi connectivity index (χ0v) is 17.3. The second kappa shape index (κ2) is 6.19. The Hall–Kier alpha value is -2.11. The maximum absolute atomic E-state index is 13.5. The van der Waals surface area contributed by atoms with Crippen LogP contribution in [0.3, 0.4) is 0 Å². The summed E-state index contributed by atoms with van der Waals surface area (Å²) in [6, 6.07) is 9.46. The Bertz CT molecular complexity index is 1080. The molecule has 1 atom stereocenters. The van der Waals surface area contributed by atoms with Gasteiger partial charge in [0.2, 0.25) is 11.1 Å². The van der Waals surface area contributed by atoms with E-state index < -0.39 is 16.8 Å². The van der Waals surface area contributed by atoms with Crippen molar-refractivity contribution in [1.82, 2.24) is 0 Å². The lowest BCUT2D eigenvalue weighted by atomic mass is 9.35. The van der Waals surface area contributed by atoms with Crippen molar-refractivity contribution in [2.45, 2.75) is 32.1 Å². The summed E-state index contributed by atoms with van der Waals surface area (Å²) >= 11 is 12.0. The van der Waals surface area contributed by atoms with Gasteiger partial charge in [0.25, 0.3) is 0 Å². The first-order valence-corrected chi connectivity index (χ1v) is 10.5. The summed E-state index contributed by atoms with van der Waals surface area (Å²) in [5.74, 6) is 0.398. The van der Waals surface area contributed by atoms with Crippen LogP contribution in [-0.4, -0.2) is 29.5 Å². The smallest absolute Gasteiger partial charge is 0.308 e. The van der Waals surface area contributed by atoms with E-state index in [1.54, 1.807) is 11.0 Å². The van der Waals surface area contributed by atoms with Crippen LogP contribution in [0.5, 0.6) is 5.75 Å². The van der Waals surface area contributed by atoms with Crippen molar-refractivity contribution in [3.05, 3.63) is 35.9 Å². The van der Waals surface area contributed by atoms with Crippen LogP contribution in [0.25, 0.3) is 10.8 Å². The fourth-order valence-electron chi connectivity index (χ4n) is 5.48. The Kier molecular flexibility index (Phi) is 4.03. The highest BCUT2D eigenvalue weighted by atomic mass is 35.5. The third-order valence-corrected chi connectivity index (χ3v) is 7.49. The highest BCUT2D eigenvalue weighted by molar-refractivity contribution is 6.65. The number of benzene rings is 2. The SMILES string of the molecule is CC(=O)Oc1cc2c(c3ccccc13)[C@H](CCl)CN2C(=O)C12CC(C(=O)Cl)(C1)C2. The van der Waals surface area contributed by atoms with E-state index in [1.807, 2.05) is 24.3 Å². The summed E-state index contributed by atoms with van der Waals surface area (Å²) in [5.41, 5.74) is 0.745. The molecule has 0 aromatic heterocycles.